The molecule has 0 amide bonds. The van der Waals surface area contributed by atoms with E-state index in [2.05, 4.69) is 41.1 Å². The monoisotopic (exact) mass is 315 g/mol. The highest BCUT2D eigenvalue weighted by Gasteiger charge is 2.27. The van der Waals surface area contributed by atoms with Gasteiger partial charge in [-0.2, -0.15) is 0 Å². The minimum absolute atomic E-state index is 0.427. The number of aromatic nitrogens is 1. The van der Waals surface area contributed by atoms with Crippen molar-refractivity contribution in [2.24, 2.45) is 0 Å². The molecule has 1 aromatic heterocycles. The van der Waals surface area contributed by atoms with E-state index in [0.29, 0.717) is 18.0 Å². The van der Waals surface area contributed by atoms with Crippen LogP contribution >= 0.6 is 22.9 Å². The van der Waals surface area contributed by atoms with Gasteiger partial charge in [0.2, 0.25) is 0 Å². The van der Waals surface area contributed by atoms with Crippen molar-refractivity contribution in [3.8, 4) is 0 Å². The van der Waals surface area contributed by atoms with E-state index in [1.807, 2.05) is 0 Å². The fraction of sp³-hybridized carbons (Fsp3) is 0.800. The van der Waals surface area contributed by atoms with Crippen LogP contribution in [0.2, 0.25) is 0 Å². The Labute approximate surface area is 131 Å². The van der Waals surface area contributed by atoms with E-state index >= 15 is 0 Å². The number of hydrogen-bond donors (Lipinski definition) is 0. The molecule has 5 heteroatoms. The lowest BCUT2D eigenvalue weighted by Crippen LogP contribution is -2.40. The molecule has 0 aromatic carbocycles. The highest BCUT2D eigenvalue weighted by atomic mass is 35.5. The molecule has 2 rings (SSSR count). The number of likely N-dealkylation sites (tertiary alicyclic amines) is 1. The molecule has 1 saturated heterocycles. The molecule has 0 spiro atoms. The van der Waals surface area contributed by atoms with E-state index in [4.69, 9.17) is 11.6 Å². The van der Waals surface area contributed by atoms with Crippen molar-refractivity contribution in [3.05, 3.63) is 16.1 Å². The third kappa shape index (κ3) is 3.73. The summed E-state index contributed by atoms with van der Waals surface area (Å²) < 4.78 is 0. The predicted molar refractivity (Wildman–Crippen MR) is 87.6 cm³/mol. The Morgan fingerprint density at radius 3 is 2.95 bits per heavy atom. The lowest BCUT2D eigenvalue weighted by atomic mass is 10.1. The molecule has 1 aliphatic rings. The molecule has 2 atom stereocenters. The van der Waals surface area contributed by atoms with Crippen LogP contribution in [0.25, 0.3) is 0 Å². The third-order valence-corrected chi connectivity index (χ3v) is 5.58. The van der Waals surface area contributed by atoms with Crippen LogP contribution in [0.4, 0.5) is 0 Å². The third-order valence-electron chi connectivity index (χ3n) is 4.31. The summed E-state index contributed by atoms with van der Waals surface area (Å²) >= 11 is 7.62. The summed E-state index contributed by atoms with van der Waals surface area (Å²) in [5.74, 6) is 0.517. The van der Waals surface area contributed by atoms with Crippen LogP contribution in [0.15, 0.2) is 5.38 Å². The second-order valence-electron chi connectivity index (χ2n) is 5.60. The van der Waals surface area contributed by atoms with Gasteiger partial charge in [0.1, 0.15) is 5.01 Å². The number of halogens is 1. The van der Waals surface area contributed by atoms with Gasteiger partial charge in [-0.05, 0) is 39.4 Å². The molecule has 0 saturated carbocycles. The summed E-state index contributed by atoms with van der Waals surface area (Å²) in [7, 11) is 2.24. The van der Waals surface area contributed by atoms with Crippen LogP contribution < -0.4 is 0 Å². The van der Waals surface area contributed by atoms with Crippen molar-refractivity contribution in [1.29, 1.82) is 0 Å². The molecule has 1 aliphatic heterocycles. The summed E-state index contributed by atoms with van der Waals surface area (Å²) in [5.41, 5.74) is 1.01. The maximum absolute atomic E-state index is 5.87. The first-order valence-corrected chi connectivity index (χ1v) is 9.05. The van der Waals surface area contributed by atoms with E-state index in [9.17, 15) is 0 Å². The largest absolute Gasteiger partial charge is 0.299 e. The Kier molecular flexibility index (Phi) is 6.27. The van der Waals surface area contributed by atoms with Crippen LogP contribution in [0.3, 0.4) is 0 Å². The van der Waals surface area contributed by atoms with E-state index in [1.165, 1.54) is 30.9 Å². The van der Waals surface area contributed by atoms with E-state index in [0.717, 1.165) is 18.7 Å². The molecule has 1 fully saturated rings. The van der Waals surface area contributed by atoms with Gasteiger partial charge in [0, 0.05) is 18.0 Å². The minimum Gasteiger partial charge on any atom is -0.299 e. The summed E-state index contributed by atoms with van der Waals surface area (Å²) in [6.07, 6.45) is 3.78. The van der Waals surface area contributed by atoms with Gasteiger partial charge in [-0.3, -0.25) is 9.80 Å². The van der Waals surface area contributed by atoms with E-state index in [1.54, 1.807) is 11.3 Å². The molecular weight excluding hydrogens is 290 g/mol. The van der Waals surface area contributed by atoms with Gasteiger partial charge in [0.25, 0.3) is 0 Å². The van der Waals surface area contributed by atoms with Crippen LogP contribution in [-0.2, 0) is 5.88 Å². The van der Waals surface area contributed by atoms with Gasteiger partial charge in [0.15, 0.2) is 0 Å². The van der Waals surface area contributed by atoms with Crippen molar-refractivity contribution in [1.82, 2.24) is 14.8 Å². The number of rotatable bonds is 7. The standard InChI is InChI=1S/C15H26ClN3S/c1-4-14(15-17-12(9-16)11-20-15)18(3)10-13-7-6-8-19(13)5-2/h11,13-14H,4-10H2,1-3H3. The fourth-order valence-electron chi connectivity index (χ4n) is 3.19. The van der Waals surface area contributed by atoms with Gasteiger partial charge in [-0.25, -0.2) is 4.98 Å². The van der Waals surface area contributed by atoms with Gasteiger partial charge >= 0.3 is 0 Å². The van der Waals surface area contributed by atoms with Gasteiger partial charge in [-0.15, -0.1) is 22.9 Å². The van der Waals surface area contributed by atoms with Crippen molar-refractivity contribution < 1.29 is 0 Å². The Morgan fingerprint density at radius 1 is 1.55 bits per heavy atom. The van der Waals surface area contributed by atoms with Crippen molar-refractivity contribution in [3.63, 3.8) is 0 Å². The molecule has 2 heterocycles. The topological polar surface area (TPSA) is 19.4 Å². The van der Waals surface area contributed by atoms with Crippen LogP contribution in [-0.4, -0.2) is 47.5 Å². The van der Waals surface area contributed by atoms with Crippen LogP contribution in [0.1, 0.15) is 49.9 Å². The molecule has 1 aromatic rings. The SMILES string of the molecule is CCC(c1nc(CCl)cs1)N(C)CC1CCCN1CC. The Bertz CT molecular complexity index is 410. The zero-order valence-corrected chi connectivity index (χ0v) is 14.4. The molecule has 2 unspecified atom stereocenters. The molecule has 20 heavy (non-hydrogen) atoms. The van der Waals surface area contributed by atoms with Crippen molar-refractivity contribution in [2.45, 2.75) is 51.1 Å². The Hall–Kier alpha value is -0.160. The maximum Gasteiger partial charge on any atom is 0.110 e. The first kappa shape index (κ1) is 16.2. The number of alkyl halides is 1. The zero-order chi connectivity index (χ0) is 14.5. The minimum atomic E-state index is 0.427. The normalized spacial score (nSPS) is 21.8. The average molecular weight is 316 g/mol. The summed E-state index contributed by atoms with van der Waals surface area (Å²) in [6, 6.07) is 1.14. The first-order chi connectivity index (χ1) is 9.69. The number of nitrogens with zero attached hydrogens (tertiary/aromatic N) is 3. The number of hydrogen-bond acceptors (Lipinski definition) is 4. The summed E-state index contributed by atoms with van der Waals surface area (Å²) in [6.45, 7) is 8.09. The lowest BCUT2D eigenvalue weighted by molar-refractivity contribution is 0.160. The van der Waals surface area contributed by atoms with Gasteiger partial charge in [0.05, 0.1) is 17.6 Å². The molecule has 0 aliphatic carbocycles. The molecular formula is C15H26ClN3S. The predicted octanol–water partition coefficient (Wildman–Crippen LogP) is 3.75. The van der Waals surface area contributed by atoms with Crippen LogP contribution in [0.5, 0.6) is 0 Å². The number of thiazole rings is 1. The molecule has 114 valence electrons. The quantitative estimate of drug-likeness (QED) is 0.714. The summed E-state index contributed by atoms with van der Waals surface area (Å²) in [5, 5.41) is 3.30. The first-order valence-electron chi connectivity index (χ1n) is 7.64. The Morgan fingerprint density at radius 2 is 2.35 bits per heavy atom. The lowest BCUT2D eigenvalue weighted by Gasteiger charge is -2.31. The van der Waals surface area contributed by atoms with Crippen LogP contribution in [0, 0.1) is 0 Å². The highest BCUT2D eigenvalue weighted by Crippen LogP contribution is 2.28. The van der Waals surface area contributed by atoms with Gasteiger partial charge in [-0.1, -0.05) is 13.8 Å². The molecule has 0 N–H and O–H groups in total. The maximum atomic E-state index is 5.87. The van der Waals surface area contributed by atoms with Crippen molar-refractivity contribution in [2.75, 3.05) is 26.7 Å². The summed E-state index contributed by atoms with van der Waals surface area (Å²) in [4.78, 5) is 9.75. The molecule has 0 bridgehead atoms. The Balaban J connectivity index is 1.99. The molecule has 0 radical (unpaired) electrons. The average Bonchev–Trinajstić information content (AvgIpc) is 3.08. The second kappa shape index (κ2) is 7.74. The smallest absolute Gasteiger partial charge is 0.110 e. The van der Waals surface area contributed by atoms with Crippen molar-refractivity contribution >= 4 is 22.9 Å². The second-order valence-corrected chi connectivity index (χ2v) is 6.76. The molecule has 3 nitrogen and oxygen atoms in total. The fourth-order valence-corrected chi connectivity index (χ4v) is 4.48. The van der Waals surface area contributed by atoms with Gasteiger partial charge < -0.3 is 0 Å². The number of likely N-dealkylation sites (N-methyl/N-ethyl adjacent to an activating group) is 2. The van der Waals surface area contributed by atoms with E-state index < -0.39 is 0 Å². The highest BCUT2D eigenvalue weighted by molar-refractivity contribution is 7.09. The van der Waals surface area contributed by atoms with E-state index in [-0.39, 0.29) is 0 Å². The zero-order valence-electron chi connectivity index (χ0n) is 12.8.